The van der Waals surface area contributed by atoms with Crippen molar-refractivity contribution in [2.24, 2.45) is 5.92 Å². The van der Waals surface area contributed by atoms with Gasteiger partial charge < -0.3 is 25.4 Å². The van der Waals surface area contributed by atoms with Gasteiger partial charge in [0.1, 0.15) is 0 Å². The maximum Gasteiger partial charge on any atom is 0.258 e. The lowest BCUT2D eigenvalue weighted by Crippen LogP contribution is -2.18. The van der Waals surface area contributed by atoms with Gasteiger partial charge in [-0.05, 0) is 55.6 Å². The van der Waals surface area contributed by atoms with Crippen LogP contribution in [0.15, 0.2) is 66.7 Å². The Morgan fingerprint density at radius 3 is 2.22 bits per heavy atom. The summed E-state index contributed by atoms with van der Waals surface area (Å²) in [5.74, 6) is 1.69. The Labute approximate surface area is 213 Å². The van der Waals surface area contributed by atoms with Crippen molar-refractivity contribution in [1.82, 2.24) is 5.32 Å². The van der Waals surface area contributed by atoms with E-state index in [9.17, 15) is 4.79 Å². The van der Waals surface area contributed by atoms with Crippen molar-refractivity contribution in [2.45, 2.75) is 34.2 Å². The maximum atomic E-state index is 13.3. The molecule has 0 unspecified atom stereocenters. The fourth-order valence-corrected chi connectivity index (χ4v) is 4.20. The Morgan fingerprint density at radius 1 is 0.917 bits per heavy atom. The number of hydrogen-bond donors (Lipinski definition) is 3. The normalized spacial score (nSPS) is 13.9. The van der Waals surface area contributed by atoms with Crippen LogP contribution in [0.1, 0.15) is 44.4 Å². The first-order valence-corrected chi connectivity index (χ1v) is 12.6. The molecule has 1 aliphatic rings. The zero-order valence-electron chi connectivity index (χ0n) is 21.5. The molecule has 1 heterocycles. The molecule has 0 aliphatic carbocycles. The van der Waals surface area contributed by atoms with Gasteiger partial charge in [-0.2, -0.15) is 0 Å². The van der Waals surface area contributed by atoms with Crippen LogP contribution in [0.4, 0.5) is 11.4 Å². The first-order chi connectivity index (χ1) is 17.5. The lowest BCUT2D eigenvalue weighted by atomic mass is 9.99. The van der Waals surface area contributed by atoms with Crippen molar-refractivity contribution < 1.29 is 14.3 Å². The molecular formula is C30H35N3O3. The number of fused-ring (bicyclic) bond motifs is 1. The van der Waals surface area contributed by atoms with Gasteiger partial charge in [0.25, 0.3) is 5.91 Å². The van der Waals surface area contributed by atoms with Gasteiger partial charge in [-0.15, -0.1) is 0 Å². The Kier molecular flexibility index (Phi) is 8.28. The van der Waals surface area contributed by atoms with Crippen LogP contribution in [0, 0.1) is 5.92 Å². The second kappa shape index (κ2) is 11.8. The summed E-state index contributed by atoms with van der Waals surface area (Å²) >= 11 is 0. The molecule has 1 amide bonds. The molecule has 4 rings (SSSR count). The second-order valence-corrected chi connectivity index (χ2v) is 9.13. The summed E-state index contributed by atoms with van der Waals surface area (Å²) in [5.41, 5.74) is 5.85. The van der Waals surface area contributed by atoms with Crippen molar-refractivity contribution in [3.63, 3.8) is 0 Å². The summed E-state index contributed by atoms with van der Waals surface area (Å²) in [6, 6.07) is 22.0. The van der Waals surface area contributed by atoms with Crippen LogP contribution in [0.5, 0.6) is 11.5 Å². The maximum absolute atomic E-state index is 13.3. The van der Waals surface area contributed by atoms with Gasteiger partial charge in [0.2, 0.25) is 0 Å². The van der Waals surface area contributed by atoms with Crippen LogP contribution in [0.3, 0.4) is 0 Å². The average molecular weight is 486 g/mol. The molecule has 3 aromatic rings. The van der Waals surface area contributed by atoms with Gasteiger partial charge in [0.05, 0.1) is 30.2 Å². The first-order valence-electron chi connectivity index (χ1n) is 12.6. The number of nitrogens with one attached hydrogen (secondary N) is 3. The summed E-state index contributed by atoms with van der Waals surface area (Å²) < 4.78 is 11.6. The van der Waals surface area contributed by atoms with Crippen molar-refractivity contribution in [3.8, 4) is 11.5 Å². The van der Waals surface area contributed by atoms with E-state index < -0.39 is 0 Å². The van der Waals surface area contributed by atoms with Crippen LogP contribution in [-0.4, -0.2) is 25.7 Å². The third kappa shape index (κ3) is 5.89. The van der Waals surface area contributed by atoms with E-state index in [1.54, 1.807) is 0 Å². The number of carbonyl (C=O) groups excluding carboxylic acids is 1. The molecule has 0 fully saturated rings. The molecule has 188 valence electrons. The Morgan fingerprint density at radius 2 is 1.58 bits per heavy atom. The van der Waals surface area contributed by atoms with Crippen LogP contribution in [-0.2, 0) is 11.3 Å². The van der Waals surface area contributed by atoms with E-state index in [1.165, 1.54) is 5.56 Å². The molecule has 36 heavy (non-hydrogen) atoms. The Balaban J connectivity index is 1.73. The van der Waals surface area contributed by atoms with Crippen molar-refractivity contribution in [2.75, 3.05) is 30.4 Å². The number of anilines is 2. The molecule has 0 radical (unpaired) electrons. The van der Waals surface area contributed by atoms with Gasteiger partial charge in [0.15, 0.2) is 11.5 Å². The number of rotatable bonds is 11. The lowest BCUT2D eigenvalue weighted by molar-refractivity contribution is -0.110. The summed E-state index contributed by atoms with van der Waals surface area (Å²) in [7, 11) is 0. The zero-order chi connectivity index (χ0) is 25.5. The van der Waals surface area contributed by atoms with Crippen molar-refractivity contribution in [1.29, 1.82) is 0 Å². The van der Waals surface area contributed by atoms with E-state index in [0.717, 1.165) is 35.6 Å². The lowest BCUT2D eigenvalue weighted by Gasteiger charge is -2.16. The molecule has 6 nitrogen and oxygen atoms in total. The van der Waals surface area contributed by atoms with Gasteiger partial charge in [-0.1, -0.05) is 56.3 Å². The summed E-state index contributed by atoms with van der Waals surface area (Å²) in [4.78, 5) is 13.3. The van der Waals surface area contributed by atoms with Gasteiger partial charge >= 0.3 is 0 Å². The number of ether oxygens (including phenoxy) is 2. The summed E-state index contributed by atoms with van der Waals surface area (Å²) in [5, 5.41) is 10.0. The predicted octanol–water partition coefficient (Wildman–Crippen LogP) is 6.16. The molecule has 6 heteroatoms. The summed E-state index contributed by atoms with van der Waals surface area (Å²) in [6.45, 7) is 11.1. The number of hydrogen-bond acceptors (Lipinski definition) is 5. The fourth-order valence-electron chi connectivity index (χ4n) is 4.20. The first kappa shape index (κ1) is 25.3. The smallest absolute Gasteiger partial charge is 0.258 e. The van der Waals surface area contributed by atoms with E-state index >= 15 is 0 Å². The van der Waals surface area contributed by atoms with Crippen LogP contribution >= 0.6 is 0 Å². The van der Waals surface area contributed by atoms with E-state index in [-0.39, 0.29) is 5.91 Å². The van der Waals surface area contributed by atoms with E-state index in [0.29, 0.717) is 41.9 Å². The topological polar surface area (TPSA) is 71.6 Å². The largest absolute Gasteiger partial charge is 0.490 e. The standard InChI is InChI=1S/C30H35N3O3/c1-5-35-26-16-24-25(17-27(26)36-6-2)33-30(34)28(24)29(22-10-8-7-9-11-22)32-23-14-12-21(13-15-23)19-31-18-20(3)4/h7-17,20,31-32H,5-6,18-19H2,1-4H3,(H,33,34)/b29-28-. The molecule has 3 N–H and O–H groups in total. The molecular weight excluding hydrogens is 450 g/mol. The monoisotopic (exact) mass is 485 g/mol. The molecule has 3 aromatic carbocycles. The van der Waals surface area contributed by atoms with E-state index in [2.05, 4.69) is 41.9 Å². The molecule has 1 aliphatic heterocycles. The third-order valence-electron chi connectivity index (χ3n) is 5.85. The Bertz CT molecular complexity index is 1220. The minimum atomic E-state index is -0.165. The highest BCUT2D eigenvalue weighted by atomic mass is 16.5. The highest BCUT2D eigenvalue weighted by Crippen LogP contribution is 2.43. The number of amides is 1. The van der Waals surface area contributed by atoms with E-state index in [1.807, 2.05) is 68.4 Å². The average Bonchev–Trinajstić information content (AvgIpc) is 3.18. The number of carbonyl (C=O) groups is 1. The van der Waals surface area contributed by atoms with Gasteiger partial charge in [-0.3, -0.25) is 4.79 Å². The van der Waals surface area contributed by atoms with Crippen LogP contribution < -0.4 is 25.4 Å². The minimum absolute atomic E-state index is 0.165. The Hall–Kier alpha value is -3.77. The molecule has 0 spiro atoms. The fraction of sp³-hybridized carbons (Fsp3) is 0.300. The predicted molar refractivity (Wildman–Crippen MR) is 147 cm³/mol. The second-order valence-electron chi connectivity index (χ2n) is 9.13. The molecule has 0 saturated heterocycles. The molecule has 0 atom stereocenters. The quantitative estimate of drug-likeness (QED) is 0.284. The number of benzene rings is 3. The van der Waals surface area contributed by atoms with Gasteiger partial charge in [-0.25, -0.2) is 0 Å². The molecule has 0 aromatic heterocycles. The minimum Gasteiger partial charge on any atom is -0.490 e. The highest BCUT2D eigenvalue weighted by Gasteiger charge is 2.30. The van der Waals surface area contributed by atoms with Crippen LogP contribution in [0.25, 0.3) is 11.3 Å². The molecule has 0 bridgehead atoms. The van der Waals surface area contributed by atoms with Crippen LogP contribution in [0.2, 0.25) is 0 Å². The van der Waals surface area contributed by atoms with E-state index in [4.69, 9.17) is 9.47 Å². The molecule has 0 saturated carbocycles. The summed E-state index contributed by atoms with van der Waals surface area (Å²) in [6.07, 6.45) is 0. The van der Waals surface area contributed by atoms with Crippen molar-refractivity contribution in [3.05, 3.63) is 83.4 Å². The highest BCUT2D eigenvalue weighted by molar-refractivity contribution is 6.37. The zero-order valence-corrected chi connectivity index (χ0v) is 21.5. The SMILES string of the molecule is CCOc1cc2c(cc1OCC)/C(=C(/Nc1ccc(CNCC(C)C)cc1)c1ccccc1)C(=O)N2. The third-order valence-corrected chi connectivity index (χ3v) is 5.85. The van der Waals surface area contributed by atoms with Gasteiger partial charge in [0, 0.05) is 23.9 Å². The van der Waals surface area contributed by atoms with Crippen molar-refractivity contribution >= 4 is 28.6 Å².